The maximum absolute atomic E-state index is 12.8. The van der Waals surface area contributed by atoms with Crippen LogP contribution in [0.1, 0.15) is 49.7 Å². The number of benzene rings is 1. The lowest BCUT2D eigenvalue weighted by Crippen LogP contribution is -2.47. The molecule has 1 heterocycles. The predicted molar refractivity (Wildman–Crippen MR) is 92.5 cm³/mol. The highest BCUT2D eigenvalue weighted by molar-refractivity contribution is 5.96. The second-order valence-electron chi connectivity index (χ2n) is 7.11. The van der Waals surface area contributed by atoms with Crippen molar-refractivity contribution in [1.29, 1.82) is 0 Å². The van der Waals surface area contributed by atoms with Crippen molar-refractivity contribution in [1.82, 2.24) is 4.90 Å². The standard InChI is InChI=1S/C19H28N2O2/c1-13-5-3-6-14(2)18(13)20-19(23)17-7-4-12-21(17)15-8-10-16(22)11-9-15/h3,5-6,15-17,22H,4,7-12H2,1-2H3,(H,20,23)/t15?,16?,17-/m0/s1. The lowest BCUT2D eigenvalue weighted by atomic mass is 9.91. The quantitative estimate of drug-likeness (QED) is 0.901. The van der Waals surface area contributed by atoms with E-state index in [4.69, 9.17) is 0 Å². The molecule has 1 aromatic carbocycles. The molecule has 2 aliphatic rings. The summed E-state index contributed by atoms with van der Waals surface area (Å²) < 4.78 is 0. The van der Waals surface area contributed by atoms with E-state index in [-0.39, 0.29) is 18.1 Å². The summed E-state index contributed by atoms with van der Waals surface area (Å²) in [5.74, 6) is 0.131. The van der Waals surface area contributed by atoms with Gasteiger partial charge in [-0.05, 0) is 70.0 Å². The van der Waals surface area contributed by atoms with E-state index in [1.54, 1.807) is 0 Å². The van der Waals surface area contributed by atoms with E-state index in [2.05, 4.69) is 10.2 Å². The first kappa shape index (κ1) is 16.5. The van der Waals surface area contributed by atoms with E-state index in [9.17, 15) is 9.90 Å². The normalized spacial score (nSPS) is 28.7. The molecule has 3 rings (SSSR count). The largest absolute Gasteiger partial charge is 0.393 e. The smallest absolute Gasteiger partial charge is 0.241 e. The fraction of sp³-hybridized carbons (Fsp3) is 0.632. The van der Waals surface area contributed by atoms with Crippen LogP contribution in [0.25, 0.3) is 0 Å². The van der Waals surface area contributed by atoms with Gasteiger partial charge in [-0.25, -0.2) is 0 Å². The van der Waals surface area contributed by atoms with Gasteiger partial charge < -0.3 is 10.4 Å². The Balaban J connectivity index is 1.68. The molecule has 4 heteroatoms. The van der Waals surface area contributed by atoms with E-state index >= 15 is 0 Å². The number of aliphatic hydroxyl groups is 1. The molecule has 1 amide bonds. The van der Waals surface area contributed by atoms with Gasteiger partial charge in [-0.1, -0.05) is 18.2 Å². The minimum Gasteiger partial charge on any atom is -0.393 e. The summed E-state index contributed by atoms with van der Waals surface area (Å²) in [5, 5.41) is 12.9. The molecule has 1 saturated heterocycles. The molecule has 1 aliphatic heterocycles. The number of hydrogen-bond donors (Lipinski definition) is 2. The van der Waals surface area contributed by atoms with Crippen molar-refractivity contribution in [2.45, 2.75) is 70.6 Å². The van der Waals surface area contributed by atoms with Crippen LogP contribution in [0.15, 0.2) is 18.2 Å². The molecule has 0 unspecified atom stereocenters. The fourth-order valence-corrected chi connectivity index (χ4v) is 4.12. The second-order valence-corrected chi connectivity index (χ2v) is 7.11. The van der Waals surface area contributed by atoms with Gasteiger partial charge in [0.05, 0.1) is 12.1 Å². The third-order valence-corrected chi connectivity index (χ3v) is 5.46. The summed E-state index contributed by atoms with van der Waals surface area (Å²) in [6.45, 7) is 5.08. The molecule has 126 valence electrons. The van der Waals surface area contributed by atoms with Gasteiger partial charge in [0.2, 0.25) is 5.91 Å². The predicted octanol–water partition coefficient (Wildman–Crippen LogP) is 3.01. The third-order valence-electron chi connectivity index (χ3n) is 5.46. The second kappa shape index (κ2) is 7.02. The summed E-state index contributed by atoms with van der Waals surface area (Å²) in [6.07, 6.45) is 5.64. The summed E-state index contributed by atoms with van der Waals surface area (Å²) in [6, 6.07) is 6.54. The number of likely N-dealkylation sites (tertiary alicyclic amines) is 1. The molecule has 4 nitrogen and oxygen atoms in total. The third kappa shape index (κ3) is 3.59. The van der Waals surface area contributed by atoms with Gasteiger partial charge in [0.15, 0.2) is 0 Å². The average molecular weight is 316 g/mol. The molecule has 1 aliphatic carbocycles. The van der Waals surface area contributed by atoms with Gasteiger partial charge in [0.1, 0.15) is 0 Å². The molecule has 0 radical (unpaired) electrons. The fourth-order valence-electron chi connectivity index (χ4n) is 4.12. The zero-order chi connectivity index (χ0) is 16.4. The van der Waals surface area contributed by atoms with Crippen LogP contribution in [0, 0.1) is 13.8 Å². The van der Waals surface area contributed by atoms with Crippen molar-refractivity contribution in [2.24, 2.45) is 0 Å². The topological polar surface area (TPSA) is 52.6 Å². The lowest BCUT2D eigenvalue weighted by Gasteiger charge is -2.36. The van der Waals surface area contributed by atoms with Crippen molar-refractivity contribution in [2.75, 3.05) is 11.9 Å². The number of hydrogen-bond acceptors (Lipinski definition) is 3. The number of carbonyl (C=O) groups excluding carboxylic acids is 1. The Bertz CT molecular complexity index is 544. The van der Waals surface area contributed by atoms with E-state index in [0.29, 0.717) is 6.04 Å². The SMILES string of the molecule is Cc1cccc(C)c1NC(=O)[C@@H]1CCCN1C1CCC(O)CC1. The van der Waals surface area contributed by atoms with E-state index in [1.165, 1.54) is 0 Å². The average Bonchev–Trinajstić information content (AvgIpc) is 3.01. The summed E-state index contributed by atoms with van der Waals surface area (Å²) in [7, 11) is 0. The number of carbonyl (C=O) groups is 1. The minimum atomic E-state index is -0.143. The Hall–Kier alpha value is -1.39. The van der Waals surface area contributed by atoms with Crippen molar-refractivity contribution >= 4 is 11.6 Å². The number of aryl methyl sites for hydroxylation is 2. The molecular weight excluding hydrogens is 288 g/mol. The van der Waals surface area contributed by atoms with Crippen molar-refractivity contribution in [3.63, 3.8) is 0 Å². The van der Waals surface area contributed by atoms with Crippen LogP contribution >= 0.6 is 0 Å². The Kier molecular flexibility index (Phi) is 5.02. The highest BCUT2D eigenvalue weighted by atomic mass is 16.3. The summed E-state index contributed by atoms with van der Waals surface area (Å²) in [5.41, 5.74) is 3.19. The number of nitrogens with zero attached hydrogens (tertiary/aromatic N) is 1. The first-order valence-electron chi connectivity index (χ1n) is 8.87. The van der Waals surface area contributed by atoms with Crippen LogP contribution < -0.4 is 5.32 Å². The molecule has 1 aromatic rings. The molecule has 1 atom stereocenters. The van der Waals surface area contributed by atoms with Crippen molar-refractivity contribution < 1.29 is 9.90 Å². The molecule has 0 bridgehead atoms. The molecule has 2 fully saturated rings. The number of para-hydroxylation sites is 1. The van der Waals surface area contributed by atoms with Gasteiger partial charge in [-0.3, -0.25) is 9.69 Å². The zero-order valence-corrected chi connectivity index (χ0v) is 14.2. The van der Waals surface area contributed by atoms with Crippen LogP contribution in [0.3, 0.4) is 0 Å². The van der Waals surface area contributed by atoms with Gasteiger partial charge >= 0.3 is 0 Å². The van der Waals surface area contributed by atoms with Crippen LogP contribution in [0.5, 0.6) is 0 Å². The van der Waals surface area contributed by atoms with E-state index in [0.717, 1.165) is 61.9 Å². The van der Waals surface area contributed by atoms with Crippen LogP contribution in [-0.2, 0) is 4.79 Å². The number of rotatable bonds is 3. The number of aliphatic hydroxyl groups excluding tert-OH is 1. The van der Waals surface area contributed by atoms with Gasteiger partial charge in [-0.2, -0.15) is 0 Å². The lowest BCUT2D eigenvalue weighted by molar-refractivity contribution is -0.121. The molecule has 0 spiro atoms. The Morgan fingerprint density at radius 3 is 2.43 bits per heavy atom. The van der Waals surface area contributed by atoms with Gasteiger partial charge in [0, 0.05) is 11.7 Å². The zero-order valence-electron chi connectivity index (χ0n) is 14.2. The Morgan fingerprint density at radius 2 is 1.78 bits per heavy atom. The first-order chi connectivity index (χ1) is 11.1. The maximum Gasteiger partial charge on any atom is 0.241 e. The summed E-state index contributed by atoms with van der Waals surface area (Å²) >= 11 is 0. The highest BCUT2D eigenvalue weighted by Gasteiger charge is 2.36. The maximum atomic E-state index is 12.8. The highest BCUT2D eigenvalue weighted by Crippen LogP contribution is 2.30. The molecule has 1 saturated carbocycles. The number of nitrogens with one attached hydrogen (secondary N) is 1. The van der Waals surface area contributed by atoms with E-state index < -0.39 is 0 Å². The van der Waals surface area contributed by atoms with Crippen LogP contribution in [0.4, 0.5) is 5.69 Å². The molecular formula is C19H28N2O2. The van der Waals surface area contributed by atoms with E-state index in [1.807, 2.05) is 32.0 Å². The van der Waals surface area contributed by atoms with Crippen LogP contribution in [0.2, 0.25) is 0 Å². The Morgan fingerprint density at radius 1 is 1.13 bits per heavy atom. The monoisotopic (exact) mass is 316 g/mol. The van der Waals surface area contributed by atoms with Gasteiger partial charge in [0.25, 0.3) is 0 Å². The molecule has 2 N–H and O–H groups in total. The first-order valence-corrected chi connectivity index (χ1v) is 8.87. The van der Waals surface area contributed by atoms with Crippen molar-refractivity contribution in [3.05, 3.63) is 29.3 Å². The van der Waals surface area contributed by atoms with Crippen molar-refractivity contribution in [3.8, 4) is 0 Å². The van der Waals surface area contributed by atoms with Gasteiger partial charge in [-0.15, -0.1) is 0 Å². The molecule has 23 heavy (non-hydrogen) atoms. The Labute approximate surface area is 138 Å². The van der Waals surface area contributed by atoms with Crippen LogP contribution in [-0.4, -0.2) is 40.6 Å². The number of amides is 1. The number of anilines is 1. The molecule has 0 aromatic heterocycles. The summed E-state index contributed by atoms with van der Waals surface area (Å²) in [4.78, 5) is 15.2. The minimum absolute atomic E-state index is 0.0192.